The van der Waals surface area contributed by atoms with Gasteiger partial charge in [0.15, 0.2) is 0 Å². The van der Waals surface area contributed by atoms with Crippen LogP contribution in [-0.2, 0) is 41.8 Å². The van der Waals surface area contributed by atoms with Crippen molar-refractivity contribution < 1.29 is 47.8 Å². The Labute approximate surface area is 284 Å². The van der Waals surface area contributed by atoms with Gasteiger partial charge in [-0.1, -0.05) is 37.1 Å². The van der Waals surface area contributed by atoms with Crippen LogP contribution in [0.5, 0.6) is 0 Å². The minimum Gasteiger partial charge on any atom is -0.444 e. The van der Waals surface area contributed by atoms with Crippen molar-refractivity contribution >= 4 is 29.9 Å². The number of fused-ring (bicyclic) bond motifs is 3. The summed E-state index contributed by atoms with van der Waals surface area (Å²) in [6, 6.07) is 2.45. The standard InChI is InChI=1S/C34H46FN5O9/c1-33(2,3)49-31(45)36-26-13-8-6-4-5-7-11-22-17-34(22,30(44)38-47-15-14-41)37-28(42)27-16-23(19-40(27)29(26)43)48-32(46)39-18-21-10-9-12-25(35)24(21)20-39/h7,9-12,22-23,26-27,41H,4-6,8,13-20H2,1-3H3,(H,36,45)(H,37,42)(H,38,44)/b11-7-/t22-,23+,26-,27-,34-/m0/s1. The Morgan fingerprint density at radius 1 is 1.14 bits per heavy atom. The minimum atomic E-state index is -1.35. The van der Waals surface area contributed by atoms with Gasteiger partial charge in [-0.25, -0.2) is 19.5 Å². The quantitative estimate of drug-likeness (QED) is 0.199. The van der Waals surface area contributed by atoms with E-state index in [0.29, 0.717) is 17.5 Å². The lowest BCUT2D eigenvalue weighted by Gasteiger charge is -2.30. The van der Waals surface area contributed by atoms with E-state index >= 15 is 0 Å². The summed E-state index contributed by atoms with van der Waals surface area (Å²) in [4.78, 5) is 75.3. The third-order valence-electron chi connectivity index (χ3n) is 9.15. The van der Waals surface area contributed by atoms with E-state index in [-0.39, 0.29) is 58.0 Å². The van der Waals surface area contributed by atoms with Crippen LogP contribution >= 0.6 is 0 Å². The monoisotopic (exact) mass is 687 g/mol. The van der Waals surface area contributed by atoms with Crippen molar-refractivity contribution in [1.29, 1.82) is 0 Å². The zero-order chi connectivity index (χ0) is 35.3. The highest BCUT2D eigenvalue weighted by atomic mass is 19.1. The highest BCUT2D eigenvalue weighted by molar-refractivity contribution is 5.98. The summed E-state index contributed by atoms with van der Waals surface area (Å²) in [6.07, 6.45) is 4.82. The van der Waals surface area contributed by atoms with Crippen molar-refractivity contribution in [3.8, 4) is 0 Å². The topological polar surface area (TPSA) is 176 Å². The Hall–Kier alpha value is -4.24. The van der Waals surface area contributed by atoms with Crippen LogP contribution < -0.4 is 16.1 Å². The number of carbonyl (C=O) groups excluding carboxylic acids is 5. The van der Waals surface area contributed by atoms with Crippen LogP contribution in [0.15, 0.2) is 30.4 Å². The predicted molar refractivity (Wildman–Crippen MR) is 172 cm³/mol. The minimum absolute atomic E-state index is 0.0207. The molecule has 3 aliphatic heterocycles. The van der Waals surface area contributed by atoms with E-state index in [4.69, 9.17) is 19.4 Å². The van der Waals surface area contributed by atoms with Crippen molar-refractivity contribution in [2.45, 2.75) is 108 Å². The molecule has 5 amide bonds. The van der Waals surface area contributed by atoms with Gasteiger partial charge in [-0.2, -0.15) is 0 Å². The SMILES string of the molecule is CC(C)(C)OC(=O)N[C@H]1CCCCC/C=C\[C@H]2C[C@]2(C(=O)NOCCO)NC(=O)[C@@H]2C[C@@H](OC(=O)N3Cc4cccc(F)c4C3)CN2C1=O. The van der Waals surface area contributed by atoms with Crippen molar-refractivity contribution in [3.63, 3.8) is 0 Å². The molecule has 1 saturated heterocycles. The number of amides is 5. The van der Waals surface area contributed by atoms with Gasteiger partial charge in [0.2, 0.25) is 11.8 Å². The van der Waals surface area contributed by atoms with Gasteiger partial charge in [0.25, 0.3) is 5.91 Å². The summed E-state index contributed by atoms with van der Waals surface area (Å²) < 4.78 is 25.6. The van der Waals surface area contributed by atoms with Gasteiger partial charge in [0, 0.05) is 24.4 Å². The largest absolute Gasteiger partial charge is 0.444 e. The molecule has 14 nitrogen and oxygen atoms in total. The van der Waals surface area contributed by atoms with Gasteiger partial charge in [-0.05, 0) is 58.1 Å². The number of halogens is 1. The van der Waals surface area contributed by atoms with Crippen molar-refractivity contribution in [2.24, 2.45) is 5.92 Å². The van der Waals surface area contributed by atoms with Crippen LogP contribution in [0.2, 0.25) is 0 Å². The number of alkyl carbamates (subject to hydrolysis) is 1. The number of aliphatic hydroxyl groups excluding tert-OH is 1. The van der Waals surface area contributed by atoms with Crippen molar-refractivity contribution in [1.82, 2.24) is 25.9 Å². The Morgan fingerprint density at radius 3 is 2.67 bits per heavy atom. The normalized spacial score (nSPS) is 27.8. The van der Waals surface area contributed by atoms with Gasteiger partial charge in [-0.3, -0.25) is 24.1 Å². The number of hydrogen-bond donors (Lipinski definition) is 4. The molecule has 1 aromatic carbocycles. The molecule has 15 heteroatoms. The van der Waals surface area contributed by atoms with Crippen LogP contribution in [0.1, 0.15) is 76.8 Å². The van der Waals surface area contributed by atoms with E-state index in [1.807, 2.05) is 12.2 Å². The predicted octanol–water partition coefficient (Wildman–Crippen LogP) is 2.58. The third-order valence-corrected chi connectivity index (χ3v) is 9.15. The molecule has 1 saturated carbocycles. The first-order valence-corrected chi connectivity index (χ1v) is 16.8. The number of benzene rings is 1. The Kier molecular flexibility index (Phi) is 11.1. The number of hydrogen-bond acceptors (Lipinski definition) is 9. The molecule has 1 aliphatic carbocycles. The zero-order valence-corrected chi connectivity index (χ0v) is 28.2. The molecule has 268 valence electrons. The molecule has 4 aliphatic rings. The first-order valence-electron chi connectivity index (χ1n) is 16.8. The molecule has 1 aromatic rings. The summed E-state index contributed by atoms with van der Waals surface area (Å²) >= 11 is 0. The van der Waals surface area contributed by atoms with E-state index in [1.54, 1.807) is 32.9 Å². The second-order valence-electron chi connectivity index (χ2n) is 14.0. The van der Waals surface area contributed by atoms with Gasteiger partial charge in [0.1, 0.15) is 35.1 Å². The number of carbonyl (C=O) groups is 5. The second kappa shape index (κ2) is 15.1. The number of rotatable bonds is 6. The highest BCUT2D eigenvalue weighted by Crippen LogP contribution is 2.45. The van der Waals surface area contributed by atoms with Crippen molar-refractivity contribution in [2.75, 3.05) is 19.8 Å². The second-order valence-corrected chi connectivity index (χ2v) is 14.0. The molecule has 2 fully saturated rings. The molecule has 5 rings (SSSR count). The van der Waals surface area contributed by atoms with Gasteiger partial charge < -0.3 is 30.1 Å². The zero-order valence-electron chi connectivity index (χ0n) is 28.2. The van der Waals surface area contributed by atoms with Gasteiger partial charge in [-0.15, -0.1) is 0 Å². The molecule has 0 spiro atoms. The average molecular weight is 688 g/mol. The molecule has 3 heterocycles. The number of aliphatic hydroxyl groups is 1. The number of hydroxylamine groups is 1. The molecule has 4 N–H and O–H groups in total. The van der Waals surface area contributed by atoms with Crippen molar-refractivity contribution in [3.05, 3.63) is 47.3 Å². The summed E-state index contributed by atoms with van der Waals surface area (Å²) in [5, 5.41) is 14.6. The Morgan fingerprint density at radius 2 is 1.94 bits per heavy atom. The number of allylic oxidation sites excluding steroid dienone is 1. The Bertz CT molecular complexity index is 1470. The van der Waals surface area contributed by atoms with E-state index in [9.17, 15) is 28.4 Å². The molecule has 5 atom stereocenters. The molecule has 0 bridgehead atoms. The van der Waals surface area contributed by atoms with Crippen LogP contribution in [-0.4, -0.2) is 93.9 Å². The molecular formula is C34H46FN5O9. The maximum Gasteiger partial charge on any atom is 0.410 e. The lowest BCUT2D eigenvalue weighted by Crippen LogP contribution is -2.58. The maximum atomic E-state index is 14.4. The molecular weight excluding hydrogens is 641 g/mol. The molecule has 0 radical (unpaired) electrons. The number of nitrogens with zero attached hydrogens (tertiary/aromatic N) is 2. The van der Waals surface area contributed by atoms with E-state index in [0.717, 1.165) is 19.3 Å². The van der Waals surface area contributed by atoms with E-state index in [2.05, 4.69) is 16.1 Å². The smallest absolute Gasteiger partial charge is 0.410 e. The summed E-state index contributed by atoms with van der Waals surface area (Å²) in [7, 11) is 0. The molecule has 49 heavy (non-hydrogen) atoms. The first-order chi connectivity index (χ1) is 23.3. The summed E-state index contributed by atoms with van der Waals surface area (Å²) in [6.45, 7) is 4.68. The van der Waals surface area contributed by atoms with Crippen LogP contribution in [0.3, 0.4) is 0 Å². The third kappa shape index (κ3) is 8.68. The van der Waals surface area contributed by atoms with Crippen LogP contribution in [0.4, 0.5) is 14.0 Å². The fraction of sp³-hybridized carbons (Fsp3) is 0.618. The van der Waals surface area contributed by atoms with E-state index in [1.165, 1.54) is 15.9 Å². The summed E-state index contributed by atoms with van der Waals surface area (Å²) in [5.41, 5.74) is 1.21. The summed E-state index contributed by atoms with van der Waals surface area (Å²) in [5.74, 6) is -2.54. The first kappa shape index (κ1) is 36.1. The highest BCUT2D eigenvalue weighted by Gasteiger charge is 2.61. The number of nitrogens with one attached hydrogen (secondary N) is 3. The lowest BCUT2D eigenvalue weighted by atomic mass is 10.0. The number of ether oxygens (including phenoxy) is 2. The molecule has 0 aromatic heterocycles. The lowest BCUT2D eigenvalue weighted by molar-refractivity contribution is -0.144. The van der Waals surface area contributed by atoms with Crippen LogP contribution in [0, 0.1) is 11.7 Å². The average Bonchev–Trinajstić information content (AvgIpc) is 3.33. The Balaban J connectivity index is 1.38. The fourth-order valence-electron chi connectivity index (χ4n) is 6.60. The van der Waals surface area contributed by atoms with Gasteiger partial charge in [0.05, 0.1) is 26.3 Å². The fourth-order valence-corrected chi connectivity index (χ4v) is 6.60. The van der Waals surface area contributed by atoms with Crippen LogP contribution in [0.25, 0.3) is 0 Å². The van der Waals surface area contributed by atoms with Gasteiger partial charge >= 0.3 is 12.2 Å². The van der Waals surface area contributed by atoms with E-state index < -0.39 is 65.1 Å². The molecule has 0 unspecified atom stereocenters. The maximum absolute atomic E-state index is 14.4.